The van der Waals surface area contributed by atoms with Crippen molar-refractivity contribution in [1.82, 2.24) is 14.5 Å². The zero-order valence-corrected chi connectivity index (χ0v) is 12.5. The minimum atomic E-state index is -3.47. The Bertz CT molecular complexity index is 759. The van der Waals surface area contributed by atoms with Crippen molar-refractivity contribution in [2.75, 3.05) is 6.54 Å². The van der Waals surface area contributed by atoms with Gasteiger partial charge in [0.25, 0.3) is 0 Å². The van der Waals surface area contributed by atoms with E-state index in [1.807, 2.05) is 19.2 Å². The molecule has 1 aromatic carbocycles. The molecule has 0 aliphatic rings. The van der Waals surface area contributed by atoms with Crippen LogP contribution in [0.5, 0.6) is 0 Å². The summed E-state index contributed by atoms with van der Waals surface area (Å²) in [6.45, 7) is 2.65. The number of aryl methyl sites for hydroxylation is 1. The average Bonchev–Trinajstić information content (AvgIpc) is 2.84. The van der Waals surface area contributed by atoms with E-state index in [1.165, 1.54) is 0 Å². The first-order valence-electron chi connectivity index (χ1n) is 6.44. The van der Waals surface area contributed by atoms with Crippen LogP contribution in [0.25, 0.3) is 0 Å². The van der Waals surface area contributed by atoms with Crippen LogP contribution in [0.15, 0.2) is 36.7 Å². The highest BCUT2D eigenvalue weighted by atomic mass is 32.2. The molecule has 0 spiro atoms. The fraction of sp³-hybridized carbons (Fsp3) is 0.286. The third-order valence-electron chi connectivity index (χ3n) is 2.91. The van der Waals surface area contributed by atoms with Crippen LogP contribution < -0.4 is 4.72 Å². The lowest BCUT2D eigenvalue weighted by Gasteiger charge is -2.08. The molecule has 1 N–H and O–H groups in total. The van der Waals surface area contributed by atoms with E-state index in [9.17, 15) is 8.42 Å². The van der Waals surface area contributed by atoms with E-state index in [1.54, 1.807) is 35.1 Å². The molecule has 0 unspecified atom stereocenters. The van der Waals surface area contributed by atoms with Gasteiger partial charge in [0.2, 0.25) is 10.0 Å². The Morgan fingerprint density at radius 3 is 2.81 bits per heavy atom. The molecule has 0 bridgehead atoms. The maximum absolute atomic E-state index is 12.0. The number of sulfonamides is 1. The number of rotatable bonds is 6. The van der Waals surface area contributed by atoms with E-state index in [0.29, 0.717) is 17.7 Å². The van der Waals surface area contributed by atoms with Crippen molar-refractivity contribution in [3.05, 3.63) is 53.3 Å². The van der Waals surface area contributed by atoms with Crippen molar-refractivity contribution in [2.45, 2.75) is 19.2 Å². The van der Waals surface area contributed by atoms with E-state index >= 15 is 0 Å². The highest BCUT2D eigenvalue weighted by molar-refractivity contribution is 7.88. The largest absolute Gasteiger partial charge is 0.271 e. The fourth-order valence-corrected chi connectivity index (χ4v) is 3.08. The van der Waals surface area contributed by atoms with Gasteiger partial charge in [-0.1, -0.05) is 18.2 Å². The summed E-state index contributed by atoms with van der Waals surface area (Å²) in [5, 5.41) is 13.1. The summed E-state index contributed by atoms with van der Waals surface area (Å²) in [6.07, 6.45) is 3.57. The lowest BCUT2D eigenvalue weighted by molar-refractivity contribution is 0.560. The van der Waals surface area contributed by atoms with E-state index in [-0.39, 0.29) is 12.3 Å². The summed E-state index contributed by atoms with van der Waals surface area (Å²) in [6, 6.07) is 8.68. The summed E-state index contributed by atoms with van der Waals surface area (Å²) in [5.74, 6) is -0.200. The molecule has 1 aromatic heterocycles. The lowest BCUT2D eigenvalue weighted by atomic mass is 10.1. The number of benzene rings is 1. The van der Waals surface area contributed by atoms with Crippen LogP contribution in [0.3, 0.4) is 0 Å². The lowest BCUT2D eigenvalue weighted by Crippen LogP contribution is -2.29. The third kappa shape index (κ3) is 4.41. The zero-order chi connectivity index (χ0) is 15.3. The second-order valence-corrected chi connectivity index (χ2v) is 6.51. The van der Waals surface area contributed by atoms with Crippen molar-refractivity contribution in [2.24, 2.45) is 0 Å². The zero-order valence-electron chi connectivity index (χ0n) is 11.7. The second kappa shape index (κ2) is 6.52. The molecule has 7 heteroatoms. The SMILES string of the molecule is Cc1cnn(CCNS(=O)(=O)Cc2ccccc2C#N)c1. The van der Waals surface area contributed by atoms with Crippen LogP contribution in [0, 0.1) is 18.3 Å². The molecule has 2 aromatic rings. The predicted molar refractivity (Wildman–Crippen MR) is 78.7 cm³/mol. The number of aromatic nitrogens is 2. The molecule has 21 heavy (non-hydrogen) atoms. The van der Waals surface area contributed by atoms with Gasteiger partial charge in [-0.05, 0) is 24.1 Å². The number of nitriles is 1. The van der Waals surface area contributed by atoms with Crippen LogP contribution in [0.4, 0.5) is 0 Å². The molecular formula is C14H16N4O2S. The second-order valence-electron chi connectivity index (χ2n) is 4.70. The average molecular weight is 304 g/mol. The Hall–Kier alpha value is -2.17. The van der Waals surface area contributed by atoms with Crippen LogP contribution in [0.2, 0.25) is 0 Å². The summed E-state index contributed by atoms with van der Waals surface area (Å²) >= 11 is 0. The standard InChI is InChI=1S/C14H16N4O2S/c1-12-9-16-18(10-12)7-6-17-21(19,20)11-14-5-3-2-4-13(14)8-15/h2-5,9-10,17H,6-7,11H2,1H3. The van der Waals surface area contributed by atoms with Crippen LogP contribution >= 0.6 is 0 Å². The van der Waals surface area contributed by atoms with E-state index in [2.05, 4.69) is 9.82 Å². The molecule has 110 valence electrons. The Labute approximate surface area is 124 Å². The van der Waals surface area contributed by atoms with Crippen LogP contribution in [-0.4, -0.2) is 24.7 Å². The van der Waals surface area contributed by atoms with Crippen molar-refractivity contribution in [3.63, 3.8) is 0 Å². The number of hydrogen-bond acceptors (Lipinski definition) is 4. The molecule has 1 heterocycles. The summed E-state index contributed by atoms with van der Waals surface area (Å²) in [5.41, 5.74) is 1.91. The van der Waals surface area contributed by atoms with Gasteiger partial charge in [0.15, 0.2) is 0 Å². The number of hydrogen-bond donors (Lipinski definition) is 1. The van der Waals surface area contributed by atoms with Gasteiger partial charge in [-0.25, -0.2) is 13.1 Å². The molecule has 0 aliphatic carbocycles. The topological polar surface area (TPSA) is 87.8 Å². The molecule has 0 saturated heterocycles. The molecular weight excluding hydrogens is 288 g/mol. The van der Waals surface area contributed by atoms with E-state index in [4.69, 9.17) is 5.26 Å². The molecule has 0 fully saturated rings. The van der Waals surface area contributed by atoms with Crippen molar-refractivity contribution in [3.8, 4) is 6.07 Å². The van der Waals surface area contributed by atoms with Crippen LogP contribution in [0.1, 0.15) is 16.7 Å². The number of nitrogens with zero attached hydrogens (tertiary/aromatic N) is 3. The summed E-state index contributed by atoms with van der Waals surface area (Å²) in [7, 11) is -3.47. The number of nitrogens with one attached hydrogen (secondary N) is 1. The Morgan fingerprint density at radius 1 is 1.38 bits per heavy atom. The van der Waals surface area contributed by atoms with Crippen molar-refractivity contribution in [1.29, 1.82) is 5.26 Å². The molecule has 0 atom stereocenters. The van der Waals surface area contributed by atoms with Gasteiger partial charge in [0.1, 0.15) is 0 Å². The minimum absolute atomic E-state index is 0.200. The maximum Gasteiger partial charge on any atom is 0.215 e. The Morgan fingerprint density at radius 2 is 2.14 bits per heavy atom. The summed E-state index contributed by atoms with van der Waals surface area (Å²) < 4.78 is 28.2. The monoisotopic (exact) mass is 304 g/mol. The third-order valence-corrected chi connectivity index (χ3v) is 4.24. The van der Waals surface area contributed by atoms with Gasteiger partial charge in [0, 0.05) is 12.7 Å². The van der Waals surface area contributed by atoms with Gasteiger partial charge in [-0.15, -0.1) is 0 Å². The molecule has 0 aliphatic heterocycles. The minimum Gasteiger partial charge on any atom is -0.271 e. The normalized spacial score (nSPS) is 11.2. The van der Waals surface area contributed by atoms with Crippen molar-refractivity contribution < 1.29 is 8.42 Å². The van der Waals surface area contributed by atoms with Gasteiger partial charge in [-0.3, -0.25) is 4.68 Å². The first kappa shape index (κ1) is 15.2. The highest BCUT2D eigenvalue weighted by Crippen LogP contribution is 2.10. The van der Waals surface area contributed by atoms with E-state index in [0.717, 1.165) is 5.56 Å². The predicted octanol–water partition coefficient (Wildman–Crippen LogP) is 1.18. The highest BCUT2D eigenvalue weighted by Gasteiger charge is 2.13. The molecule has 0 saturated carbocycles. The van der Waals surface area contributed by atoms with Gasteiger partial charge in [0.05, 0.1) is 30.1 Å². The van der Waals surface area contributed by atoms with Gasteiger partial charge < -0.3 is 0 Å². The molecule has 6 nitrogen and oxygen atoms in total. The fourth-order valence-electron chi connectivity index (χ4n) is 1.92. The van der Waals surface area contributed by atoms with Crippen LogP contribution in [-0.2, 0) is 22.3 Å². The first-order valence-corrected chi connectivity index (χ1v) is 8.10. The molecule has 0 amide bonds. The Kier molecular flexibility index (Phi) is 4.73. The molecule has 2 rings (SSSR count). The van der Waals surface area contributed by atoms with Crippen molar-refractivity contribution >= 4 is 10.0 Å². The first-order chi connectivity index (χ1) is 10.00. The van der Waals surface area contributed by atoms with E-state index < -0.39 is 10.0 Å². The molecule has 0 radical (unpaired) electrons. The smallest absolute Gasteiger partial charge is 0.215 e. The quantitative estimate of drug-likeness (QED) is 0.868. The summed E-state index contributed by atoms with van der Waals surface area (Å²) in [4.78, 5) is 0. The van der Waals surface area contributed by atoms with Gasteiger partial charge >= 0.3 is 0 Å². The maximum atomic E-state index is 12.0. The Balaban J connectivity index is 1.94. The van der Waals surface area contributed by atoms with Gasteiger partial charge in [-0.2, -0.15) is 10.4 Å².